The summed E-state index contributed by atoms with van der Waals surface area (Å²) >= 11 is 1.08. The number of aryl methyl sites for hydroxylation is 1. The maximum Gasteiger partial charge on any atom is 0.185 e. The highest BCUT2D eigenvalue weighted by atomic mass is 32.2. The maximum absolute atomic E-state index is 12.2. The Morgan fingerprint density at radius 2 is 2.24 bits per heavy atom. The zero-order valence-electron chi connectivity index (χ0n) is 12.0. The molecule has 0 bridgehead atoms. The zero-order chi connectivity index (χ0) is 15.5. The Morgan fingerprint density at radius 1 is 1.48 bits per heavy atom. The minimum atomic E-state index is -3.38. The Morgan fingerprint density at radius 3 is 2.86 bits per heavy atom. The number of aromatic nitrogens is 3. The lowest BCUT2D eigenvalue weighted by atomic mass is 10.4. The molecule has 0 spiro atoms. The van der Waals surface area contributed by atoms with Crippen LogP contribution in [-0.4, -0.2) is 34.6 Å². The number of hydrogen-bond acceptors (Lipinski definition) is 7. The molecule has 0 atom stereocenters. The van der Waals surface area contributed by atoms with E-state index in [0.717, 1.165) is 17.4 Å². The number of nitrogens with one attached hydrogen (secondary N) is 1. The van der Waals surface area contributed by atoms with Crippen molar-refractivity contribution in [2.45, 2.75) is 24.7 Å². The van der Waals surface area contributed by atoms with Crippen molar-refractivity contribution in [3.05, 3.63) is 18.2 Å². The lowest BCUT2D eigenvalue weighted by molar-refractivity contribution is 0.595. The molecule has 2 heterocycles. The van der Waals surface area contributed by atoms with Crippen LogP contribution in [0, 0.1) is 0 Å². The monoisotopic (exact) mass is 329 g/mol. The van der Waals surface area contributed by atoms with Crippen LogP contribution in [0.25, 0.3) is 0 Å². The second-order valence-corrected chi connectivity index (χ2v) is 7.50. The Hall–Kier alpha value is -1.61. The molecule has 116 valence electrons. The molecule has 0 fully saturated rings. The van der Waals surface area contributed by atoms with Crippen molar-refractivity contribution in [2.24, 2.45) is 7.05 Å². The van der Waals surface area contributed by atoms with Crippen molar-refractivity contribution in [1.29, 1.82) is 0 Å². The SMILES string of the molecule is CCCS(=O)(=O)c1c(N)nsc1NCCc1nccn1C. The van der Waals surface area contributed by atoms with Crippen LogP contribution in [-0.2, 0) is 23.3 Å². The van der Waals surface area contributed by atoms with Crippen LogP contribution in [0.3, 0.4) is 0 Å². The molecule has 0 saturated carbocycles. The van der Waals surface area contributed by atoms with Crippen molar-refractivity contribution >= 4 is 32.2 Å². The van der Waals surface area contributed by atoms with E-state index in [0.29, 0.717) is 24.4 Å². The van der Waals surface area contributed by atoms with Crippen molar-refractivity contribution in [3.8, 4) is 0 Å². The van der Waals surface area contributed by atoms with Gasteiger partial charge in [0.15, 0.2) is 15.7 Å². The number of nitrogens with zero attached hydrogens (tertiary/aromatic N) is 3. The molecule has 7 nitrogen and oxygen atoms in total. The van der Waals surface area contributed by atoms with E-state index in [9.17, 15) is 8.42 Å². The molecule has 21 heavy (non-hydrogen) atoms. The summed E-state index contributed by atoms with van der Waals surface area (Å²) in [6.07, 6.45) is 4.84. The molecule has 0 amide bonds. The average Bonchev–Trinajstić information content (AvgIpc) is 2.97. The quantitative estimate of drug-likeness (QED) is 0.793. The van der Waals surface area contributed by atoms with Gasteiger partial charge in [-0.05, 0) is 18.0 Å². The van der Waals surface area contributed by atoms with Gasteiger partial charge in [-0.3, -0.25) is 0 Å². The van der Waals surface area contributed by atoms with Gasteiger partial charge in [0, 0.05) is 32.4 Å². The van der Waals surface area contributed by atoms with E-state index in [1.165, 1.54) is 0 Å². The first-order valence-electron chi connectivity index (χ1n) is 6.63. The van der Waals surface area contributed by atoms with E-state index in [-0.39, 0.29) is 16.5 Å². The fourth-order valence-electron chi connectivity index (χ4n) is 2.00. The molecule has 0 aliphatic carbocycles. The van der Waals surface area contributed by atoms with Gasteiger partial charge in [-0.25, -0.2) is 13.4 Å². The Kier molecular flexibility index (Phi) is 4.84. The van der Waals surface area contributed by atoms with Crippen LogP contribution in [0.2, 0.25) is 0 Å². The largest absolute Gasteiger partial charge is 0.382 e. The summed E-state index contributed by atoms with van der Waals surface area (Å²) < 4.78 is 30.3. The molecule has 0 aromatic carbocycles. The van der Waals surface area contributed by atoms with Gasteiger partial charge in [-0.2, -0.15) is 4.37 Å². The van der Waals surface area contributed by atoms with Gasteiger partial charge < -0.3 is 15.6 Å². The predicted octanol–water partition coefficient (Wildman–Crippen LogP) is 1.30. The molecule has 2 rings (SSSR count). The fraction of sp³-hybridized carbons (Fsp3) is 0.500. The van der Waals surface area contributed by atoms with Crippen LogP contribution in [0.5, 0.6) is 0 Å². The smallest absolute Gasteiger partial charge is 0.185 e. The van der Waals surface area contributed by atoms with E-state index in [1.54, 1.807) is 6.20 Å². The number of rotatable bonds is 7. The standard InChI is InChI=1S/C12H19N5O2S2/c1-3-8-21(18,19)10-11(13)16-20-12(10)15-5-4-9-14-6-7-17(9)2/h6-7,15H,3-5,8H2,1-2H3,(H2,13,16). The molecule has 3 N–H and O–H groups in total. The highest BCUT2D eigenvalue weighted by Crippen LogP contribution is 2.32. The lowest BCUT2D eigenvalue weighted by Crippen LogP contribution is -2.13. The number of anilines is 2. The Bertz CT molecular complexity index is 705. The van der Waals surface area contributed by atoms with Crippen LogP contribution < -0.4 is 11.1 Å². The number of hydrogen-bond donors (Lipinski definition) is 2. The third-order valence-corrected chi connectivity index (χ3v) is 5.94. The molecular weight excluding hydrogens is 310 g/mol. The van der Waals surface area contributed by atoms with Crippen LogP contribution in [0.1, 0.15) is 19.2 Å². The molecule has 0 unspecified atom stereocenters. The first kappa shape index (κ1) is 15.8. The van der Waals surface area contributed by atoms with Gasteiger partial charge >= 0.3 is 0 Å². The summed E-state index contributed by atoms with van der Waals surface area (Å²) in [6, 6.07) is 0. The van der Waals surface area contributed by atoms with Gasteiger partial charge in [0.1, 0.15) is 15.7 Å². The Balaban J connectivity index is 2.09. The summed E-state index contributed by atoms with van der Waals surface area (Å²) in [6.45, 7) is 2.39. The second-order valence-electron chi connectivity index (χ2n) is 4.68. The van der Waals surface area contributed by atoms with E-state index in [2.05, 4.69) is 14.7 Å². The topological polar surface area (TPSA) is 103 Å². The maximum atomic E-state index is 12.2. The third-order valence-electron chi connectivity index (χ3n) is 3.01. The van der Waals surface area contributed by atoms with Gasteiger partial charge in [-0.15, -0.1) is 0 Å². The molecule has 2 aromatic rings. The highest BCUT2D eigenvalue weighted by Gasteiger charge is 2.24. The zero-order valence-corrected chi connectivity index (χ0v) is 13.7. The highest BCUT2D eigenvalue weighted by molar-refractivity contribution is 7.91. The predicted molar refractivity (Wildman–Crippen MR) is 84.3 cm³/mol. The van der Waals surface area contributed by atoms with Gasteiger partial charge in [0.2, 0.25) is 0 Å². The first-order chi connectivity index (χ1) is 9.95. The lowest BCUT2D eigenvalue weighted by Gasteiger charge is -2.07. The minimum Gasteiger partial charge on any atom is -0.382 e. The first-order valence-corrected chi connectivity index (χ1v) is 9.06. The van der Waals surface area contributed by atoms with Crippen LogP contribution in [0.4, 0.5) is 10.8 Å². The molecule has 0 aliphatic rings. The summed E-state index contributed by atoms with van der Waals surface area (Å²) in [5, 5.41) is 3.62. The van der Waals surface area contributed by atoms with E-state index >= 15 is 0 Å². The second kappa shape index (κ2) is 6.44. The molecule has 0 saturated heterocycles. The van der Waals surface area contributed by atoms with E-state index in [1.807, 2.05) is 24.7 Å². The number of sulfone groups is 1. The van der Waals surface area contributed by atoms with Crippen LogP contribution >= 0.6 is 11.5 Å². The summed E-state index contributed by atoms with van der Waals surface area (Å²) in [4.78, 5) is 4.35. The number of nitrogen functional groups attached to an aromatic ring is 1. The van der Waals surface area contributed by atoms with Crippen molar-refractivity contribution < 1.29 is 8.42 Å². The van der Waals surface area contributed by atoms with Gasteiger partial charge in [-0.1, -0.05) is 6.92 Å². The molecule has 9 heteroatoms. The molecule has 0 aliphatic heterocycles. The summed E-state index contributed by atoms with van der Waals surface area (Å²) in [5.74, 6) is 1.08. The number of nitrogens with two attached hydrogens (primary N) is 1. The molecular formula is C12H19N5O2S2. The number of imidazole rings is 1. The minimum absolute atomic E-state index is 0.0731. The van der Waals surface area contributed by atoms with E-state index in [4.69, 9.17) is 5.73 Å². The average molecular weight is 329 g/mol. The molecule has 2 aromatic heterocycles. The normalized spacial score (nSPS) is 11.7. The van der Waals surface area contributed by atoms with E-state index < -0.39 is 9.84 Å². The summed E-state index contributed by atoms with van der Waals surface area (Å²) in [7, 11) is -1.46. The molecule has 0 radical (unpaired) electrons. The Labute approximate surface area is 128 Å². The third kappa shape index (κ3) is 3.53. The van der Waals surface area contributed by atoms with Gasteiger partial charge in [0.05, 0.1) is 5.75 Å². The van der Waals surface area contributed by atoms with Crippen LogP contribution in [0.15, 0.2) is 17.3 Å². The van der Waals surface area contributed by atoms with Crippen molar-refractivity contribution in [3.63, 3.8) is 0 Å². The fourth-order valence-corrected chi connectivity index (χ4v) is 4.65. The summed E-state index contributed by atoms with van der Waals surface area (Å²) in [5.41, 5.74) is 5.71. The van der Waals surface area contributed by atoms with Gasteiger partial charge in [0.25, 0.3) is 0 Å². The van der Waals surface area contributed by atoms with Crippen molar-refractivity contribution in [2.75, 3.05) is 23.3 Å². The van der Waals surface area contributed by atoms with Crippen molar-refractivity contribution in [1.82, 2.24) is 13.9 Å².